The second-order valence-corrected chi connectivity index (χ2v) is 4.76. The zero-order valence-corrected chi connectivity index (χ0v) is 11.9. The third kappa shape index (κ3) is 2.85. The van der Waals surface area contributed by atoms with Crippen LogP contribution in [0.25, 0.3) is 11.3 Å². The molecule has 1 aliphatic rings. The van der Waals surface area contributed by atoms with Crippen molar-refractivity contribution in [1.29, 1.82) is 0 Å². The maximum atomic E-state index is 11.4. The van der Waals surface area contributed by atoms with E-state index in [1.165, 1.54) is 24.3 Å². The number of aliphatic hydroxyl groups is 1. The quantitative estimate of drug-likeness (QED) is 0.372. The number of rotatable bonds is 4. The molecule has 3 amide bonds. The Balaban J connectivity index is 1.76. The van der Waals surface area contributed by atoms with Crippen LogP contribution in [0.4, 0.5) is 10.5 Å². The molecular formula is C14H10N4O6. The van der Waals surface area contributed by atoms with E-state index in [0.717, 1.165) is 6.21 Å². The Bertz CT molecular complexity index is 841. The number of amides is 3. The smallest absolute Gasteiger partial charge is 0.347 e. The first-order valence-corrected chi connectivity index (χ1v) is 6.66. The van der Waals surface area contributed by atoms with Crippen LogP contribution in [-0.4, -0.2) is 39.4 Å². The molecule has 10 heteroatoms. The number of urea groups is 1. The van der Waals surface area contributed by atoms with Crippen molar-refractivity contribution in [2.45, 2.75) is 6.23 Å². The topological polar surface area (TPSA) is 138 Å². The number of carbonyl (C=O) groups is 2. The number of nitrogens with one attached hydrogen (secondary N) is 1. The molecule has 2 heterocycles. The summed E-state index contributed by atoms with van der Waals surface area (Å²) in [5.41, 5.74) is 0.583. The van der Waals surface area contributed by atoms with Gasteiger partial charge in [-0.3, -0.25) is 20.2 Å². The van der Waals surface area contributed by atoms with E-state index < -0.39 is 23.1 Å². The molecule has 3 rings (SSSR count). The first-order valence-electron chi connectivity index (χ1n) is 6.66. The van der Waals surface area contributed by atoms with Gasteiger partial charge in [0.15, 0.2) is 0 Å². The van der Waals surface area contributed by atoms with Crippen molar-refractivity contribution < 1.29 is 24.0 Å². The summed E-state index contributed by atoms with van der Waals surface area (Å²) in [6, 6.07) is 8.11. The monoisotopic (exact) mass is 330 g/mol. The number of furan rings is 1. The standard InChI is InChI=1S/C14H10N4O6/c19-12-13(20)17(14(21)16-12)15-7-10-5-6-11(24-10)8-1-3-9(4-2-8)18(22)23/h1-7,13,20H,(H,16,19,21). The minimum absolute atomic E-state index is 0.0363. The van der Waals surface area contributed by atoms with Crippen LogP contribution in [0.1, 0.15) is 5.76 Å². The number of hydrogen-bond acceptors (Lipinski definition) is 7. The van der Waals surface area contributed by atoms with E-state index in [1.54, 1.807) is 12.1 Å². The van der Waals surface area contributed by atoms with Crippen LogP contribution < -0.4 is 5.32 Å². The zero-order chi connectivity index (χ0) is 17.3. The Labute approximate surface area is 134 Å². The fourth-order valence-electron chi connectivity index (χ4n) is 2.01. The average Bonchev–Trinajstić information content (AvgIpc) is 3.12. The SMILES string of the molecule is O=C1NC(=O)N(N=Cc2ccc(-c3ccc([N+](=O)[O-])cc3)o2)C1O. The van der Waals surface area contributed by atoms with E-state index in [-0.39, 0.29) is 11.4 Å². The van der Waals surface area contributed by atoms with E-state index in [4.69, 9.17) is 4.42 Å². The Morgan fingerprint density at radius 2 is 1.96 bits per heavy atom. The van der Waals surface area contributed by atoms with Crippen molar-refractivity contribution in [2.75, 3.05) is 0 Å². The minimum atomic E-state index is -1.68. The van der Waals surface area contributed by atoms with Gasteiger partial charge in [0.25, 0.3) is 11.6 Å². The molecule has 0 aliphatic carbocycles. The lowest BCUT2D eigenvalue weighted by Gasteiger charge is -2.08. The molecule has 0 bridgehead atoms. The van der Waals surface area contributed by atoms with Gasteiger partial charge in [0.2, 0.25) is 6.23 Å². The Hall–Kier alpha value is -3.53. The van der Waals surface area contributed by atoms with E-state index >= 15 is 0 Å². The summed E-state index contributed by atoms with van der Waals surface area (Å²) < 4.78 is 5.48. The number of nitro benzene ring substituents is 1. The molecule has 0 saturated carbocycles. The molecule has 1 fully saturated rings. The lowest BCUT2D eigenvalue weighted by atomic mass is 10.1. The largest absolute Gasteiger partial charge is 0.455 e. The van der Waals surface area contributed by atoms with Crippen molar-refractivity contribution >= 4 is 23.8 Å². The number of imide groups is 1. The van der Waals surface area contributed by atoms with Crippen LogP contribution in [0.2, 0.25) is 0 Å². The molecular weight excluding hydrogens is 320 g/mol. The molecule has 1 aliphatic heterocycles. The Kier molecular flexibility index (Phi) is 3.80. The average molecular weight is 330 g/mol. The molecule has 0 spiro atoms. The fourth-order valence-corrected chi connectivity index (χ4v) is 2.01. The molecule has 24 heavy (non-hydrogen) atoms. The molecule has 1 saturated heterocycles. The van der Waals surface area contributed by atoms with Gasteiger partial charge >= 0.3 is 6.03 Å². The van der Waals surface area contributed by atoms with Crippen LogP contribution in [-0.2, 0) is 4.79 Å². The molecule has 2 N–H and O–H groups in total. The van der Waals surface area contributed by atoms with Crippen LogP contribution in [0, 0.1) is 10.1 Å². The van der Waals surface area contributed by atoms with E-state index in [2.05, 4.69) is 5.10 Å². The summed E-state index contributed by atoms with van der Waals surface area (Å²) in [4.78, 5) is 32.6. The van der Waals surface area contributed by atoms with Gasteiger partial charge in [-0.2, -0.15) is 10.1 Å². The molecule has 122 valence electrons. The van der Waals surface area contributed by atoms with E-state index in [9.17, 15) is 24.8 Å². The summed E-state index contributed by atoms with van der Waals surface area (Å²) in [6.45, 7) is 0. The second kappa shape index (κ2) is 5.93. The van der Waals surface area contributed by atoms with E-state index in [0.29, 0.717) is 16.3 Å². The molecule has 1 aromatic heterocycles. The summed E-state index contributed by atoms with van der Waals surface area (Å²) >= 11 is 0. The maximum Gasteiger partial charge on any atom is 0.347 e. The number of nitro groups is 1. The molecule has 1 unspecified atom stereocenters. The number of hydrogen-bond donors (Lipinski definition) is 2. The van der Waals surface area contributed by atoms with Gasteiger partial charge in [-0.15, -0.1) is 0 Å². The lowest BCUT2D eigenvalue weighted by Crippen LogP contribution is -2.30. The van der Waals surface area contributed by atoms with E-state index in [1.807, 2.05) is 5.32 Å². The predicted octanol–water partition coefficient (Wildman–Crippen LogP) is 1.06. The van der Waals surface area contributed by atoms with Crippen LogP contribution in [0.15, 0.2) is 45.9 Å². The van der Waals surface area contributed by atoms with Gasteiger partial charge in [-0.1, -0.05) is 0 Å². The normalized spacial score (nSPS) is 17.5. The molecule has 10 nitrogen and oxygen atoms in total. The summed E-state index contributed by atoms with van der Waals surface area (Å²) in [5, 5.41) is 26.2. The summed E-state index contributed by atoms with van der Waals surface area (Å²) in [6.07, 6.45) is -0.520. The Morgan fingerprint density at radius 1 is 1.25 bits per heavy atom. The molecule has 1 atom stereocenters. The van der Waals surface area contributed by atoms with Crippen molar-refractivity contribution in [3.05, 3.63) is 52.3 Å². The highest BCUT2D eigenvalue weighted by Gasteiger charge is 2.37. The first kappa shape index (κ1) is 15.4. The summed E-state index contributed by atoms with van der Waals surface area (Å²) in [5.74, 6) is -0.153. The summed E-state index contributed by atoms with van der Waals surface area (Å²) in [7, 11) is 0. The predicted molar refractivity (Wildman–Crippen MR) is 79.8 cm³/mol. The molecule has 2 aromatic rings. The van der Waals surface area contributed by atoms with Crippen molar-refractivity contribution in [3.8, 4) is 11.3 Å². The van der Waals surface area contributed by atoms with Crippen LogP contribution in [0.3, 0.4) is 0 Å². The maximum absolute atomic E-state index is 11.4. The highest BCUT2D eigenvalue weighted by molar-refractivity contribution is 6.03. The van der Waals surface area contributed by atoms with Crippen LogP contribution in [0.5, 0.6) is 0 Å². The number of non-ortho nitro benzene ring substituents is 1. The third-order valence-electron chi connectivity index (χ3n) is 3.20. The second-order valence-electron chi connectivity index (χ2n) is 4.76. The Morgan fingerprint density at radius 3 is 2.54 bits per heavy atom. The van der Waals surface area contributed by atoms with Gasteiger partial charge in [-0.25, -0.2) is 4.79 Å². The van der Waals surface area contributed by atoms with Gasteiger partial charge in [0.05, 0.1) is 11.1 Å². The van der Waals surface area contributed by atoms with Gasteiger partial charge in [0, 0.05) is 17.7 Å². The zero-order valence-electron chi connectivity index (χ0n) is 11.9. The van der Waals surface area contributed by atoms with Gasteiger partial charge < -0.3 is 9.52 Å². The number of aliphatic hydroxyl groups excluding tert-OH is 1. The van der Waals surface area contributed by atoms with Crippen molar-refractivity contribution in [2.24, 2.45) is 5.10 Å². The third-order valence-corrected chi connectivity index (χ3v) is 3.20. The highest BCUT2D eigenvalue weighted by Crippen LogP contribution is 2.24. The minimum Gasteiger partial charge on any atom is -0.455 e. The number of nitrogens with zero attached hydrogens (tertiary/aromatic N) is 3. The first-order chi connectivity index (χ1) is 11.5. The fraction of sp³-hybridized carbons (Fsp3) is 0.0714. The van der Waals surface area contributed by atoms with Crippen LogP contribution >= 0.6 is 0 Å². The highest BCUT2D eigenvalue weighted by atomic mass is 16.6. The molecule has 0 radical (unpaired) electrons. The molecule has 1 aromatic carbocycles. The number of benzene rings is 1. The number of carbonyl (C=O) groups excluding carboxylic acids is 2. The number of hydrazone groups is 1. The van der Waals surface area contributed by atoms with Crippen molar-refractivity contribution in [3.63, 3.8) is 0 Å². The van der Waals surface area contributed by atoms with Gasteiger partial charge in [-0.05, 0) is 24.3 Å². The van der Waals surface area contributed by atoms with Crippen molar-refractivity contribution in [1.82, 2.24) is 10.3 Å². The van der Waals surface area contributed by atoms with Gasteiger partial charge in [0.1, 0.15) is 11.5 Å². The lowest BCUT2D eigenvalue weighted by molar-refractivity contribution is -0.384.